The molecule has 2 rings (SSSR count). The second-order valence-corrected chi connectivity index (χ2v) is 7.72. The quantitative estimate of drug-likeness (QED) is 0.608. The van der Waals surface area contributed by atoms with Crippen LogP contribution in [0.3, 0.4) is 0 Å². The Morgan fingerprint density at radius 3 is 2.17 bits per heavy atom. The van der Waals surface area contributed by atoms with Crippen LogP contribution in [0.2, 0.25) is 0 Å². The predicted octanol–water partition coefficient (Wildman–Crippen LogP) is 5.88. The molecule has 0 heterocycles. The number of halogens is 3. The van der Waals surface area contributed by atoms with Crippen LogP contribution in [0.15, 0.2) is 42.5 Å². The SMILES string of the molecule is CC(C)(CC(Cl)(Cl)Cl)c1cccc2ccccc12. The summed E-state index contributed by atoms with van der Waals surface area (Å²) in [6.45, 7) is 4.22. The summed E-state index contributed by atoms with van der Waals surface area (Å²) < 4.78 is -1.24. The number of benzene rings is 2. The van der Waals surface area contributed by atoms with E-state index in [0.717, 1.165) is 0 Å². The average molecular weight is 302 g/mol. The first-order valence-electron chi connectivity index (χ1n) is 5.85. The van der Waals surface area contributed by atoms with Gasteiger partial charge in [0.15, 0.2) is 3.79 Å². The predicted molar refractivity (Wildman–Crippen MR) is 81.9 cm³/mol. The molecule has 0 aliphatic rings. The monoisotopic (exact) mass is 300 g/mol. The largest absolute Gasteiger partial charge is 0.191 e. The molecule has 0 unspecified atom stereocenters. The Morgan fingerprint density at radius 1 is 0.889 bits per heavy atom. The van der Waals surface area contributed by atoms with E-state index in [1.165, 1.54) is 16.3 Å². The van der Waals surface area contributed by atoms with Crippen LogP contribution in [-0.2, 0) is 5.41 Å². The molecule has 0 saturated heterocycles. The lowest BCUT2D eigenvalue weighted by atomic mass is 9.79. The standard InChI is InChI=1S/C15H15Cl3/c1-14(2,10-15(16,17)18)13-9-5-7-11-6-3-4-8-12(11)13/h3-9H,10H2,1-2H3. The van der Waals surface area contributed by atoms with Crippen LogP contribution in [0.4, 0.5) is 0 Å². The van der Waals surface area contributed by atoms with Gasteiger partial charge in [0.2, 0.25) is 0 Å². The smallest absolute Gasteiger partial charge is 0.0837 e. The molecule has 0 aliphatic carbocycles. The van der Waals surface area contributed by atoms with Gasteiger partial charge >= 0.3 is 0 Å². The van der Waals surface area contributed by atoms with E-state index in [1.807, 2.05) is 12.1 Å². The molecule has 0 radical (unpaired) electrons. The van der Waals surface area contributed by atoms with Crippen molar-refractivity contribution in [2.24, 2.45) is 0 Å². The number of hydrogen-bond donors (Lipinski definition) is 0. The number of hydrogen-bond acceptors (Lipinski definition) is 0. The van der Waals surface area contributed by atoms with E-state index in [0.29, 0.717) is 6.42 Å². The zero-order valence-electron chi connectivity index (χ0n) is 10.4. The van der Waals surface area contributed by atoms with Gasteiger partial charge in [-0.25, -0.2) is 0 Å². The molecule has 0 fully saturated rings. The fourth-order valence-corrected chi connectivity index (χ4v) is 3.41. The maximum atomic E-state index is 5.95. The summed E-state index contributed by atoms with van der Waals surface area (Å²) in [5.74, 6) is 0. The highest BCUT2D eigenvalue weighted by Gasteiger charge is 2.33. The van der Waals surface area contributed by atoms with E-state index < -0.39 is 3.79 Å². The van der Waals surface area contributed by atoms with E-state index in [-0.39, 0.29) is 5.41 Å². The Labute approximate surface area is 123 Å². The normalized spacial score (nSPS) is 12.9. The van der Waals surface area contributed by atoms with Crippen LogP contribution in [0.25, 0.3) is 10.8 Å². The third kappa shape index (κ3) is 3.12. The van der Waals surface area contributed by atoms with E-state index in [9.17, 15) is 0 Å². The summed E-state index contributed by atoms with van der Waals surface area (Å²) in [5, 5.41) is 2.44. The third-order valence-electron chi connectivity index (χ3n) is 3.16. The number of alkyl halides is 3. The second-order valence-electron chi connectivity index (χ2n) is 5.20. The molecule has 0 spiro atoms. The van der Waals surface area contributed by atoms with Crippen molar-refractivity contribution < 1.29 is 0 Å². The summed E-state index contributed by atoms with van der Waals surface area (Å²) >= 11 is 17.8. The van der Waals surface area contributed by atoms with Gasteiger partial charge in [0.05, 0.1) is 0 Å². The van der Waals surface area contributed by atoms with Crippen molar-refractivity contribution in [3.8, 4) is 0 Å². The summed E-state index contributed by atoms with van der Waals surface area (Å²) in [7, 11) is 0. The van der Waals surface area contributed by atoms with Crippen molar-refractivity contribution in [2.45, 2.75) is 29.5 Å². The van der Waals surface area contributed by atoms with E-state index in [4.69, 9.17) is 34.8 Å². The molecule has 3 heteroatoms. The lowest BCUT2D eigenvalue weighted by Crippen LogP contribution is -2.24. The minimum absolute atomic E-state index is 0.188. The van der Waals surface area contributed by atoms with Crippen molar-refractivity contribution in [1.29, 1.82) is 0 Å². The fraction of sp³-hybridized carbons (Fsp3) is 0.333. The molecule has 0 aliphatic heterocycles. The highest BCUT2D eigenvalue weighted by atomic mass is 35.6. The van der Waals surface area contributed by atoms with Gasteiger partial charge in [0, 0.05) is 6.42 Å². The Hall–Kier alpha value is -0.430. The molecular weight excluding hydrogens is 287 g/mol. The summed E-state index contributed by atoms with van der Waals surface area (Å²) in [5.41, 5.74) is 1.03. The Kier molecular flexibility index (Phi) is 3.82. The minimum atomic E-state index is -1.24. The van der Waals surface area contributed by atoms with E-state index in [2.05, 4.69) is 44.2 Å². The zero-order valence-corrected chi connectivity index (χ0v) is 12.7. The molecule has 2 aromatic carbocycles. The molecule has 96 valence electrons. The summed E-state index contributed by atoms with van der Waals surface area (Å²) in [6, 6.07) is 14.6. The van der Waals surface area contributed by atoms with Crippen molar-refractivity contribution in [3.63, 3.8) is 0 Å². The average Bonchev–Trinajstić information content (AvgIpc) is 2.25. The molecule has 2 aromatic rings. The second kappa shape index (κ2) is 4.92. The van der Waals surface area contributed by atoms with Crippen LogP contribution in [-0.4, -0.2) is 3.79 Å². The number of fused-ring (bicyclic) bond motifs is 1. The Bertz CT molecular complexity index is 548. The van der Waals surface area contributed by atoms with Gasteiger partial charge in [-0.05, 0) is 21.8 Å². The van der Waals surface area contributed by atoms with Gasteiger partial charge < -0.3 is 0 Å². The molecule has 0 bridgehead atoms. The highest BCUT2D eigenvalue weighted by Crippen LogP contribution is 2.42. The molecular formula is C15H15Cl3. The highest BCUT2D eigenvalue weighted by molar-refractivity contribution is 6.67. The maximum absolute atomic E-state index is 5.95. The van der Waals surface area contributed by atoms with Crippen LogP contribution < -0.4 is 0 Å². The van der Waals surface area contributed by atoms with Crippen LogP contribution in [0, 0.1) is 0 Å². The Balaban J connectivity index is 2.53. The van der Waals surface area contributed by atoms with E-state index in [1.54, 1.807) is 0 Å². The Morgan fingerprint density at radius 2 is 1.50 bits per heavy atom. The van der Waals surface area contributed by atoms with Crippen molar-refractivity contribution >= 4 is 45.6 Å². The van der Waals surface area contributed by atoms with Crippen molar-refractivity contribution in [2.75, 3.05) is 0 Å². The van der Waals surface area contributed by atoms with Crippen LogP contribution in [0.5, 0.6) is 0 Å². The first-order chi connectivity index (χ1) is 8.30. The first kappa shape index (κ1) is 14.0. The summed E-state index contributed by atoms with van der Waals surface area (Å²) in [6.07, 6.45) is 0.485. The first-order valence-corrected chi connectivity index (χ1v) is 6.98. The van der Waals surface area contributed by atoms with Gasteiger partial charge in [0.25, 0.3) is 0 Å². The molecule has 0 amide bonds. The number of rotatable bonds is 2. The van der Waals surface area contributed by atoms with Gasteiger partial charge in [-0.1, -0.05) is 91.1 Å². The maximum Gasteiger partial charge on any atom is 0.191 e. The fourth-order valence-electron chi connectivity index (χ4n) is 2.41. The molecule has 0 N–H and O–H groups in total. The molecule has 0 saturated carbocycles. The molecule has 0 atom stereocenters. The minimum Gasteiger partial charge on any atom is -0.0837 e. The lowest BCUT2D eigenvalue weighted by molar-refractivity contribution is 0.490. The lowest BCUT2D eigenvalue weighted by Gasteiger charge is -2.30. The zero-order chi connectivity index (χ0) is 13.4. The summed E-state index contributed by atoms with van der Waals surface area (Å²) in [4.78, 5) is 0. The van der Waals surface area contributed by atoms with Gasteiger partial charge in [-0.15, -0.1) is 0 Å². The van der Waals surface area contributed by atoms with Gasteiger partial charge in [0.1, 0.15) is 0 Å². The van der Waals surface area contributed by atoms with Crippen LogP contribution in [0.1, 0.15) is 25.8 Å². The van der Waals surface area contributed by atoms with Gasteiger partial charge in [-0.3, -0.25) is 0 Å². The van der Waals surface area contributed by atoms with Gasteiger partial charge in [-0.2, -0.15) is 0 Å². The van der Waals surface area contributed by atoms with Crippen molar-refractivity contribution in [3.05, 3.63) is 48.0 Å². The molecule has 18 heavy (non-hydrogen) atoms. The van der Waals surface area contributed by atoms with Crippen LogP contribution >= 0.6 is 34.8 Å². The molecule has 0 nitrogen and oxygen atoms in total. The topological polar surface area (TPSA) is 0 Å². The molecule has 0 aromatic heterocycles. The third-order valence-corrected chi connectivity index (χ3v) is 3.56. The van der Waals surface area contributed by atoms with E-state index >= 15 is 0 Å². The van der Waals surface area contributed by atoms with Crippen molar-refractivity contribution in [1.82, 2.24) is 0 Å².